The number of guanidine groups is 1. The summed E-state index contributed by atoms with van der Waals surface area (Å²) in [6, 6.07) is 3.76. The number of carbonyl (C=O) groups is 1. The number of halogens is 1. The van der Waals surface area contributed by atoms with Gasteiger partial charge in [0.15, 0.2) is 0 Å². The summed E-state index contributed by atoms with van der Waals surface area (Å²) in [6.45, 7) is 7.26. The molecule has 4 heterocycles. The number of ether oxygens (including phenoxy) is 2. The van der Waals surface area contributed by atoms with Gasteiger partial charge >= 0.3 is 6.09 Å². The van der Waals surface area contributed by atoms with E-state index in [-0.39, 0.29) is 19.0 Å². The maximum atomic E-state index is 13.4. The molecule has 9 nitrogen and oxygen atoms in total. The molecule has 2 aromatic heterocycles. The average molecular weight is 513 g/mol. The van der Waals surface area contributed by atoms with Crippen molar-refractivity contribution in [3.05, 3.63) is 40.0 Å². The number of alkyl carbamates (subject to hydrolysis) is 1. The van der Waals surface area contributed by atoms with Crippen molar-refractivity contribution in [1.29, 1.82) is 0 Å². The first-order valence-electron chi connectivity index (χ1n) is 10.2. The fourth-order valence-electron chi connectivity index (χ4n) is 3.81. The zero-order valence-corrected chi connectivity index (χ0v) is 21.3. The Bertz CT molecular complexity index is 1240. The van der Waals surface area contributed by atoms with Gasteiger partial charge in [0.25, 0.3) is 10.0 Å². The van der Waals surface area contributed by atoms with Crippen LogP contribution in [0.4, 0.5) is 4.79 Å². The number of carbonyl (C=O) groups excluding carboxylic acids is 1. The van der Waals surface area contributed by atoms with E-state index >= 15 is 0 Å². The lowest BCUT2D eigenvalue weighted by molar-refractivity contribution is 0.0557. The van der Waals surface area contributed by atoms with Gasteiger partial charge in [0.2, 0.25) is 11.4 Å². The SMILES string of the molecule is Cc1cncc(-c2cc(Cl)c([C@]34CCOC3S(=O)(=O)N(C)C(NC(=O)OC(C)(C)C)=N4)s2)c1. The van der Waals surface area contributed by atoms with Crippen molar-refractivity contribution >= 4 is 45.0 Å². The highest BCUT2D eigenvalue weighted by Crippen LogP contribution is 2.52. The lowest BCUT2D eigenvalue weighted by atomic mass is 9.97. The summed E-state index contributed by atoms with van der Waals surface area (Å²) in [5, 5.41) is 2.87. The highest BCUT2D eigenvalue weighted by Gasteiger charge is 2.59. The molecular weight excluding hydrogens is 488 g/mol. The first-order chi connectivity index (χ1) is 15.3. The number of aromatic nitrogens is 1. The minimum Gasteiger partial charge on any atom is -0.444 e. The van der Waals surface area contributed by atoms with E-state index < -0.39 is 32.7 Å². The van der Waals surface area contributed by atoms with E-state index in [4.69, 9.17) is 26.1 Å². The Kier molecular flexibility index (Phi) is 5.97. The predicted octanol–water partition coefficient (Wildman–Crippen LogP) is 3.87. The molecule has 0 aromatic carbocycles. The normalized spacial score (nSPS) is 24.2. The minimum absolute atomic E-state index is 0.144. The van der Waals surface area contributed by atoms with Gasteiger partial charge in [-0.05, 0) is 45.4 Å². The van der Waals surface area contributed by atoms with E-state index in [0.29, 0.717) is 9.90 Å². The monoisotopic (exact) mass is 512 g/mol. The summed E-state index contributed by atoms with van der Waals surface area (Å²) >= 11 is 7.99. The van der Waals surface area contributed by atoms with Crippen molar-refractivity contribution in [3.8, 4) is 10.4 Å². The van der Waals surface area contributed by atoms with Crippen LogP contribution in [0, 0.1) is 6.92 Å². The molecule has 178 valence electrons. The molecule has 2 atom stereocenters. The smallest absolute Gasteiger partial charge is 0.414 e. The van der Waals surface area contributed by atoms with Crippen LogP contribution in [0.1, 0.15) is 37.6 Å². The first-order valence-corrected chi connectivity index (χ1v) is 12.9. The largest absolute Gasteiger partial charge is 0.444 e. The second-order valence-electron chi connectivity index (χ2n) is 8.99. The van der Waals surface area contributed by atoms with E-state index in [1.165, 1.54) is 18.4 Å². The standard InChI is InChI=1S/C21H25ClN4O5S2/c1-12-8-13(11-23-10-12)15-9-14(22)16(32-15)21-6-7-30-17(21)33(28,29)26(5)18(25-21)24-19(27)31-20(2,3)4/h8-11,17H,6-7H2,1-5H3,(H,24,25,27)/t17?,21-/m1/s1. The Hall–Kier alpha value is -2.21. The van der Waals surface area contributed by atoms with Crippen LogP contribution < -0.4 is 5.32 Å². The van der Waals surface area contributed by atoms with Gasteiger partial charge in [-0.2, -0.15) is 0 Å². The minimum atomic E-state index is -4.02. The lowest BCUT2D eigenvalue weighted by Gasteiger charge is -2.38. The van der Waals surface area contributed by atoms with Gasteiger partial charge in [0.05, 0.1) is 16.5 Å². The van der Waals surface area contributed by atoms with Crippen molar-refractivity contribution in [2.75, 3.05) is 13.7 Å². The number of hydrogen-bond donors (Lipinski definition) is 1. The van der Waals surface area contributed by atoms with Crippen LogP contribution >= 0.6 is 22.9 Å². The van der Waals surface area contributed by atoms with Gasteiger partial charge in [0, 0.05) is 36.3 Å². The van der Waals surface area contributed by atoms with Crippen LogP contribution in [0.5, 0.6) is 0 Å². The molecule has 1 N–H and O–H groups in total. The second-order valence-corrected chi connectivity index (χ2v) is 12.5. The Morgan fingerprint density at radius 1 is 1.36 bits per heavy atom. The quantitative estimate of drug-likeness (QED) is 0.654. The number of fused-ring (bicyclic) bond motifs is 1. The summed E-state index contributed by atoms with van der Waals surface area (Å²) in [7, 11) is -2.70. The average Bonchev–Trinajstić information content (AvgIpc) is 3.30. The Balaban J connectivity index is 1.81. The second kappa shape index (κ2) is 8.23. The molecule has 2 aliphatic heterocycles. The highest BCUT2D eigenvalue weighted by atomic mass is 35.5. The third kappa shape index (κ3) is 4.34. The molecule has 0 radical (unpaired) electrons. The molecule has 0 spiro atoms. The molecule has 33 heavy (non-hydrogen) atoms. The topological polar surface area (TPSA) is 110 Å². The molecule has 1 saturated heterocycles. The molecular formula is C21H25ClN4O5S2. The molecule has 1 fully saturated rings. The van der Waals surface area contributed by atoms with Gasteiger partial charge < -0.3 is 9.47 Å². The van der Waals surface area contributed by atoms with Gasteiger partial charge in [0.1, 0.15) is 11.1 Å². The number of rotatable bonds is 2. The molecule has 2 aromatic rings. The Morgan fingerprint density at radius 3 is 2.76 bits per heavy atom. The Morgan fingerprint density at radius 2 is 2.09 bits per heavy atom. The van der Waals surface area contributed by atoms with Gasteiger partial charge in [-0.1, -0.05) is 11.6 Å². The number of nitrogens with one attached hydrogen (secondary N) is 1. The number of amides is 1. The van der Waals surface area contributed by atoms with Crippen molar-refractivity contribution in [2.45, 2.75) is 50.7 Å². The summed E-state index contributed by atoms with van der Waals surface area (Å²) in [5.74, 6) is -0.144. The molecule has 1 unspecified atom stereocenters. The van der Waals surface area contributed by atoms with E-state index in [2.05, 4.69) is 10.3 Å². The first kappa shape index (κ1) is 23.9. The van der Waals surface area contributed by atoms with E-state index in [9.17, 15) is 13.2 Å². The maximum absolute atomic E-state index is 13.4. The number of hydrogen-bond acceptors (Lipinski definition) is 8. The fraction of sp³-hybridized carbons (Fsp3) is 0.476. The summed E-state index contributed by atoms with van der Waals surface area (Å²) in [5.41, 5.74) is -1.47. The third-order valence-electron chi connectivity index (χ3n) is 5.25. The van der Waals surface area contributed by atoms with Crippen LogP contribution in [0.3, 0.4) is 0 Å². The van der Waals surface area contributed by atoms with Gasteiger partial charge in [-0.25, -0.2) is 22.5 Å². The number of aliphatic imine (C=N–C) groups is 1. The molecule has 4 rings (SSSR count). The van der Waals surface area contributed by atoms with Crippen molar-refractivity contribution in [2.24, 2.45) is 4.99 Å². The molecule has 0 aliphatic carbocycles. The third-order valence-corrected chi connectivity index (χ3v) is 9.02. The highest BCUT2D eigenvalue weighted by molar-refractivity contribution is 7.90. The van der Waals surface area contributed by atoms with Crippen molar-refractivity contribution < 1.29 is 22.7 Å². The lowest BCUT2D eigenvalue weighted by Crippen LogP contribution is -2.57. The number of nitrogens with zero attached hydrogens (tertiary/aromatic N) is 3. The molecule has 0 saturated carbocycles. The van der Waals surface area contributed by atoms with E-state index in [1.807, 2.05) is 13.0 Å². The Labute approximate surface area is 201 Å². The number of pyridine rings is 1. The summed E-state index contributed by atoms with van der Waals surface area (Å²) < 4.78 is 38.6. The van der Waals surface area contributed by atoms with Crippen LogP contribution in [-0.4, -0.2) is 54.5 Å². The summed E-state index contributed by atoms with van der Waals surface area (Å²) in [4.78, 5) is 22.7. The van der Waals surface area contributed by atoms with Crippen LogP contribution in [-0.2, 0) is 25.0 Å². The number of sulfonamides is 1. The predicted molar refractivity (Wildman–Crippen MR) is 127 cm³/mol. The maximum Gasteiger partial charge on any atom is 0.414 e. The van der Waals surface area contributed by atoms with Crippen molar-refractivity contribution in [1.82, 2.24) is 14.6 Å². The van der Waals surface area contributed by atoms with Gasteiger partial charge in [-0.15, -0.1) is 11.3 Å². The fourth-order valence-corrected chi connectivity index (χ4v) is 7.22. The zero-order valence-electron chi connectivity index (χ0n) is 18.9. The van der Waals surface area contributed by atoms with Crippen molar-refractivity contribution in [3.63, 3.8) is 0 Å². The summed E-state index contributed by atoms with van der Waals surface area (Å²) in [6.07, 6.45) is 2.96. The van der Waals surface area contributed by atoms with E-state index in [1.54, 1.807) is 39.2 Å². The van der Waals surface area contributed by atoms with Crippen LogP contribution in [0.2, 0.25) is 5.02 Å². The molecule has 0 bridgehead atoms. The number of aryl methyl sites for hydroxylation is 1. The van der Waals surface area contributed by atoms with Crippen LogP contribution in [0.15, 0.2) is 29.5 Å². The molecule has 12 heteroatoms. The van der Waals surface area contributed by atoms with Gasteiger partial charge in [-0.3, -0.25) is 10.3 Å². The molecule has 2 aliphatic rings. The molecule has 1 amide bonds. The number of thiophene rings is 1. The van der Waals surface area contributed by atoms with Crippen LogP contribution in [0.25, 0.3) is 10.4 Å². The van der Waals surface area contributed by atoms with E-state index in [0.717, 1.165) is 20.3 Å². The zero-order chi connectivity index (χ0) is 24.2.